The number of nitrogens with one attached hydrogen (secondary N) is 1. The molecule has 27 heavy (non-hydrogen) atoms. The molecule has 3 unspecified atom stereocenters. The van der Waals surface area contributed by atoms with Gasteiger partial charge in [0, 0.05) is 18.8 Å². The fourth-order valence-corrected chi connectivity index (χ4v) is 3.35. The molecule has 0 bridgehead atoms. The Bertz CT molecular complexity index is 754. The van der Waals surface area contributed by atoms with Crippen molar-refractivity contribution in [1.82, 2.24) is 15.2 Å². The van der Waals surface area contributed by atoms with Crippen LogP contribution in [0.3, 0.4) is 0 Å². The Kier molecular flexibility index (Phi) is 8.08. The van der Waals surface area contributed by atoms with Crippen molar-refractivity contribution < 1.29 is 4.79 Å². The summed E-state index contributed by atoms with van der Waals surface area (Å²) in [4.78, 5) is 19.1. The highest BCUT2D eigenvalue weighted by molar-refractivity contribution is 6.43. The molecule has 0 fully saturated rings. The van der Waals surface area contributed by atoms with E-state index >= 15 is 0 Å². The van der Waals surface area contributed by atoms with E-state index in [1.807, 2.05) is 30.3 Å². The molecular weight excluding hydrogens is 381 g/mol. The minimum Gasteiger partial charge on any atom is -0.344 e. The maximum Gasteiger partial charge on any atom is 0.253 e. The number of hydrogen-bond donors (Lipinski definition) is 1. The molecule has 0 radical (unpaired) electrons. The lowest BCUT2D eigenvalue weighted by molar-refractivity contribution is 0.0900. The molecular formula is C21H27Cl2N3O. The van der Waals surface area contributed by atoms with Crippen molar-refractivity contribution in [2.24, 2.45) is 5.92 Å². The first kappa shape index (κ1) is 21.7. The number of carbonyl (C=O) groups is 1. The van der Waals surface area contributed by atoms with Crippen LogP contribution >= 0.6 is 23.2 Å². The number of amides is 1. The van der Waals surface area contributed by atoms with E-state index in [9.17, 15) is 4.79 Å². The predicted octanol–water partition coefficient (Wildman–Crippen LogP) is 5.23. The summed E-state index contributed by atoms with van der Waals surface area (Å²) >= 11 is 12.1. The molecule has 0 aliphatic rings. The first-order valence-corrected chi connectivity index (χ1v) is 9.96. The minimum absolute atomic E-state index is 0.0986. The van der Waals surface area contributed by atoms with Crippen LogP contribution in [0, 0.1) is 5.92 Å². The minimum atomic E-state index is -0.262. The first-order chi connectivity index (χ1) is 12.8. The number of rotatable bonds is 8. The average molecular weight is 408 g/mol. The van der Waals surface area contributed by atoms with Gasteiger partial charge in [0.1, 0.15) is 5.15 Å². The largest absolute Gasteiger partial charge is 0.344 e. The highest BCUT2D eigenvalue weighted by Crippen LogP contribution is 2.26. The van der Waals surface area contributed by atoms with Crippen molar-refractivity contribution >= 4 is 29.1 Å². The van der Waals surface area contributed by atoms with E-state index in [-0.39, 0.29) is 28.2 Å². The molecule has 1 amide bonds. The second kappa shape index (κ2) is 10.1. The van der Waals surface area contributed by atoms with Crippen LogP contribution in [0.5, 0.6) is 0 Å². The fraction of sp³-hybridized carbons (Fsp3) is 0.429. The van der Waals surface area contributed by atoms with Crippen molar-refractivity contribution in [3.05, 3.63) is 63.9 Å². The summed E-state index contributed by atoms with van der Waals surface area (Å²) in [7, 11) is 2.09. The van der Waals surface area contributed by atoms with Crippen molar-refractivity contribution in [2.45, 2.75) is 39.3 Å². The maximum atomic E-state index is 12.9. The molecule has 0 aliphatic heterocycles. The third-order valence-corrected chi connectivity index (χ3v) is 5.78. The standard InChI is InChI=1S/C21H27Cl2N3O/c1-5-14(2)13-26(4)15(3)19(16-9-7-6-8-10-16)25-21(27)17-11-12-24-20(23)18(17)22/h6-12,14-15,19H,5,13H2,1-4H3,(H,25,27). The molecule has 1 N–H and O–H groups in total. The Labute approximate surface area is 171 Å². The second-order valence-electron chi connectivity index (χ2n) is 7.02. The van der Waals surface area contributed by atoms with Crippen LogP contribution in [0.2, 0.25) is 10.2 Å². The van der Waals surface area contributed by atoms with E-state index in [0.717, 1.165) is 18.5 Å². The van der Waals surface area contributed by atoms with E-state index in [1.165, 1.54) is 6.20 Å². The summed E-state index contributed by atoms with van der Waals surface area (Å²) < 4.78 is 0. The summed E-state index contributed by atoms with van der Waals surface area (Å²) in [6, 6.07) is 11.5. The van der Waals surface area contributed by atoms with Crippen LogP contribution in [0.4, 0.5) is 0 Å². The van der Waals surface area contributed by atoms with Crippen LogP contribution in [-0.4, -0.2) is 35.4 Å². The summed E-state index contributed by atoms with van der Waals surface area (Å²) in [5, 5.41) is 3.44. The van der Waals surface area contributed by atoms with Crippen LogP contribution in [0.25, 0.3) is 0 Å². The summed E-state index contributed by atoms with van der Waals surface area (Å²) in [5.74, 6) is 0.319. The number of aromatic nitrogens is 1. The highest BCUT2D eigenvalue weighted by Gasteiger charge is 2.26. The van der Waals surface area contributed by atoms with Gasteiger partial charge in [0.15, 0.2) is 0 Å². The van der Waals surface area contributed by atoms with E-state index < -0.39 is 0 Å². The summed E-state index contributed by atoms with van der Waals surface area (Å²) in [6.07, 6.45) is 2.60. The SMILES string of the molecule is CCC(C)CN(C)C(C)C(NC(=O)c1ccnc(Cl)c1Cl)c1ccccc1. The number of pyridine rings is 1. The molecule has 6 heteroatoms. The third kappa shape index (κ3) is 5.68. The van der Waals surface area contributed by atoms with Gasteiger partial charge < -0.3 is 10.2 Å². The van der Waals surface area contributed by atoms with Crippen molar-refractivity contribution in [2.75, 3.05) is 13.6 Å². The third-order valence-electron chi connectivity index (χ3n) is 5.01. The maximum absolute atomic E-state index is 12.9. The molecule has 2 aromatic rings. The van der Waals surface area contributed by atoms with Crippen molar-refractivity contribution in [3.63, 3.8) is 0 Å². The van der Waals surface area contributed by atoms with Gasteiger partial charge in [-0.25, -0.2) is 4.98 Å². The fourth-order valence-electron chi connectivity index (χ4n) is 3.00. The first-order valence-electron chi connectivity index (χ1n) is 9.21. The number of hydrogen-bond acceptors (Lipinski definition) is 3. The smallest absolute Gasteiger partial charge is 0.253 e. The Morgan fingerprint density at radius 3 is 2.48 bits per heavy atom. The van der Waals surface area contributed by atoms with Gasteiger partial charge in [0.25, 0.3) is 5.91 Å². The highest BCUT2D eigenvalue weighted by atomic mass is 35.5. The van der Waals surface area contributed by atoms with Gasteiger partial charge in [-0.1, -0.05) is 73.8 Å². The second-order valence-corrected chi connectivity index (χ2v) is 7.75. The number of carbonyl (C=O) groups excluding carboxylic acids is 1. The van der Waals surface area contributed by atoms with Crippen molar-refractivity contribution in [3.8, 4) is 0 Å². The molecule has 1 aromatic carbocycles. The molecule has 2 rings (SSSR count). The molecule has 1 heterocycles. The van der Waals surface area contributed by atoms with E-state index in [2.05, 4.69) is 43.0 Å². The topological polar surface area (TPSA) is 45.2 Å². The molecule has 0 saturated carbocycles. The molecule has 0 saturated heterocycles. The van der Waals surface area contributed by atoms with E-state index in [4.69, 9.17) is 23.2 Å². The van der Waals surface area contributed by atoms with E-state index in [1.54, 1.807) is 6.07 Å². The zero-order valence-electron chi connectivity index (χ0n) is 16.2. The average Bonchev–Trinajstić information content (AvgIpc) is 2.67. The van der Waals surface area contributed by atoms with Gasteiger partial charge in [-0.2, -0.15) is 0 Å². The Balaban J connectivity index is 2.28. The quantitative estimate of drug-likeness (QED) is 0.609. The summed E-state index contributed by atoms with van der Waals surface area (Å²) in [6.45, 7) is 7.51. The normalized spacial score (nSPS) is 14.6. The molecule has 0 aliphatic carbocycles. The molecule has 4 nitrogen and oxygen atoms in total. The Morgan fingerprint density at radius 1 is 1.19 bits per heavy atom. The Hall–Kier alpha value is -1.62. The number of benzene rings is 1. The predicted molar refractivity (Wildman–Crippen MR) is 112 cm³/mol. The molecule has 3 atom stereocenters. The van der Waals surface area contributed by atoms with Crippen molar-refractivity contribution in [1.29, 1.82) is 0 Å². The Morgan fingerprint density at radius 2 is 1.85 bits per heavy atom. The zero-order chi connectivity index (χ0) is 20.0. The van der Waals surface area contributed by atoms with Gasteiger partial charge in [0.2, 0.25) is 0 Å². The number of nitrogens with zero attached hydrogens (tertiary/aromatic N) is 2. The van der Waals surface area contributed by atoms with Gasteiger partial charge in [-0.15, -0.1) is 0 Å². The van der Waals surface area contributed by atoms with Gasteiger partial charge in [0.05, 0.1) is 16.6 Å². The monoisotopic (exact) mass is 407 g/mol. The number of likely N-dealkylation sites (N-methyl/N-ethyl adjacent to an activating group) is 1. The van der Waals surface area contributed by atoms with Crippen LogP contribution in [0.15, 0.2) is 42.6 Å². The molecule has 146 valence electrons. The van der Waals surface area contributed by atoms with Gasteiger partial charge in [-0.3, -0.25) is 4.79 Å². The molecule has 1 aromatic heterocycles. The van der Waals surface area contributed by atoms with Crippen LogP contribution in [-0.2, 0) is 0 Å². The van der Waals surface area contributed by atoms with E-state index in [0.29, 0.717) is 11.5 Å². The summed E-state index contributed by atoms with van der Waals surface area (Å²) in [5.41, 5.74) is 1.38. The van der Waals surface area contributed by atoms with Gasteiger partial charge >= 0.3 is 0 Å². The lowest BCUT2D eigenvalue weighted by Gasteiger charge is -2.34. The van der Waals surface area contributed by atoms with Crippen LogP contribution in [0.1, 0.15) is 49.2 Å². The molecule has 0 spiro atoms. The number of halogens is 2. The lowest BCUT2D eigenvalue weighted by atomic mass is 9.97. The lowest BCUT2D eigenvalue weighted by Crippen LogP contribution is -2.44. The van der Waals surface area contributed by atoms with Gasteiger partial charge in [-0.05, 0) is 31.5 Å². The zero-order valence-corrected chi connectivity index (χ0v) is 17.8. The van der Waals surface area contributed by atoms with Crippen LogP contribution < -0.4 is 5.32 Å².